The van der Waals surface area contributed by atoms with Gasteiger partial charge in [0.05, 0.1) is 13.2 Å². The van der Waals surface area contributed by atoms with Crippen LogP contribution in [-0.4, -0.2) is 29.2 Å². The number of hydrogen-bond donors (Lipinski definition) is 3. The van der Waals surface area contributed by atoms with Crippen LogP contribution in [0.25, 0.3) is 0 Å². The average Bonchev–Trinajstić information content (AvgIpc) is 2.28. The molecule has 0 amide bonds. The predicted octanol–water partition coefficient (Wildman–Crippen LogP) is 1.81. The minimum absolute atomic E-state index is 0.00581. The first-order valence-electron chi connectivity index (χ1n) is 4.51. The number of aliphatic hydroxyl groups is 2. The lowest BCUT2D eigenvalue weighted by Crippen LogP contribution is -2.21. The highest BCUT2D eigenvalue weighted by atomic mass is 35.5. The maximum Gasteiger partial charge on any atom is 0.172 e. The van der Waals surface area contributed by atoms with Gasteiger partial charge < -0.3 is 14.9 Å². The molecule has 1 rings (SSSR count). The molecule has 90 valence electrons. The topological polar surface area (TPSA) is 49.7 Å². The summed E-state index contributed by atoms with van der Waals surface area (Å²) in [6, 6.07) is 2.74. The van der Waals surface area contributed by atoms with E-state index in [-0.39, 0.29) is 22.1 Å². The van der Waals surface area contributed by atoms with E-state index in [0.717, 1.165) is 0 Å². The van der Waals surface area contributed by atoms with Crippen LogP contribution < -0.4 is 4.74 Å². The molecule has 0 bridgehead atoms. The van der Waals surface area contributed by atoms with Crippen LogP contribution in [0.1, 0.15) is 11.7 Å². The number of rotatable bonds is 4. The Balaban J connectivity index is 3.20. The van der Waals surface area contributed by atoms with Crippen LogP contribution in [0.4, 0.5) is 4.39 Å². The lowest BCUT2D eigenvalue weighted by atomic mass is 10.0. The summed E-state index contributed by atoms with van der Waals surface area (Å²) in [6.07, 6.45) is -2.62. The number of thiol groups is 1. The Labute approximate surface area is 103 Å². The zero-order valence-electron chi connectivity index (χ0n) is 8.52. The molecule has 6 heteroatoms. The molecule has 0 aliphatic rings. The van der Waals surface area contributed by atoms with E-state index in [2.05, 4.69) is 12.6 Å². The first-order chi connectivity index (χ1) is 7.52. The zero-order chi connectivity index (χ0) is 12.3. The highest BCUT2D eigenvalue weighted by Crippen LogP contribution is 2.33. The molecule has 16 heavy (non-hydrogen) atoms. The lowest BCUT2D eigenvalue weighted by molar-refractivity contribution is 0.0313. The maximum absolute atomic E-state index is 13.8. The summed E-state index contributed by atoms with van der Waals surface area (Å²) in [6.45, 7) is 0. The minimum atomic E-state index is -1.43. The van der Waals surface area contributed by atoms with E-state index in [1.807, 2.05) is 0 Å². The van der Waals surface area contributed by atoms with Crippen molar-refractivity contribution in [2.75, 3.05) is 12.9 Å². The first kappa shape index (κ1) is 13.6. The molecule has 2 N–H and O–H groups in total. The van der Waals surface area contributed by atoms with Gasteiger partial charge in [0, 0.05) is 16.3 Å². The van der Waals surface area contributed by atoms with E-state index in [1.54, 1.807) is 0 Å². The van der Waals surface area contributed by atoms with Crippen LogP contribution in [0.3, 0.4) is 0 Å². The Kier molecular flexibility index (Phi) is 4.86. The van der Waals surface area contributed by atoms with Gasteiger partial charge in [0.1, 0.15) is 6.10 Å². The fraction of sp³-hybridized carbons (Fsp3) is 0.400. The highest BCUT2D eigenvalue weighted by molar-refractivity contribution is 7.80. The third kappa shape index (κ3) is 2.60. The van der Waals surface area contributed by atoms with Gasteiger partial charge >= 0.3 is 0 Å². The van der Waals surface area contributed by atoms with E-state index in [1.165, 1.54) is 19.2 Å². The quantitative estimate of drug-likeness (QED) is 0.729. The second-order valence-electron chi connectivity index (χ2n) is 3.17. The van der Waals surface area contributed by atoms with E-state index in [4.69, 9.17) is 16.3 Å². The summed E-state index contributed by atoms with van der Waals surface area (Å²) in [5.41, 5.74) is -0.178. The average molecular weight is 267 g/mol. The minimum Gasteiger partial charge on any atom is -0.494 e. The van der Waals surface area contributed by atoms with Crippen LogP contribution in [-0.2, 0) is 0 Å². The molecule has 2 unspecified atom stereocenters. The Morgan fingerprint density at radius 3 is 2.62 bits per heavy atom. The molecule has 2 atom stereocenters. The van der Waals surface area contributed by atoms with Gasteiger partial charge in [0.2, 0.25) is 0 Å². The number of hydrogen-bond acceptors (Lipinski definition) is 4. The van der Waals surface area contributed by atoms with Gasteiger partial charge in [-0.15, -0.1) is 0 Å². The molecule has 3 nitrogen and oxygen atoms in total. The standard InChI is InChI=1S/C10H12ClFO3S/c1-15-7-3-2-5(11)8(9(7)12)10(14)6(13)4-16/h2-3,6,10,13-14,16H,4H2,1H3. The molecule has 0 saturated carbocycles. The van der Waals surface area contributed by atoms with Crippen molar-refractivity contribution in [3.8, 4) is 5.75 Å². The predicted molar refractivity (Wildman–Crippen MR) is 62.8 cm³/mol. The van der Waals surface area contributed by atoms with E-state index in [0.29, 0.717) is 0 Å². The van der Waals surface area contributed by atoms with Gasteiger partial charge in [-0.1, -0.05) is 11.6 Å². The van der Waals surface area contributed by atoms with Crippen molar-refractivity contribution in [1.29, 1.82) is 0 Å². The molecule has 0 aliphatic carbocycles. The molecule has 0 fully saturated rings. The van der Waals surface area contributed by atoms with Crippen LogP contribution in [0.15, 0.2) is 12.1 Å². The van der Waals surface area contributed by atoms with Gasteiger partial charge in [-0.3, -0.25) is 0 Å². The van der Waals surface area contributed by atoms with Crippen molar-refractivity contribution in [2.45, 2.75) is 12.2 Å². The fourth-order valence-corrected chi connectivity index (χ4v) is 1.73. The van der Waals surface area contributed by atoms with E-state index in [9.17, 15) is 14.6 Å². The molecular weight excluding hydrogens is 255 g/mol. The first-order valence-corrected chi connectivity index (χ1v) is 5.52. The Bertz CT molecular complexity index is 375. The van der Waals surface area contributed by atoms with Gasteiger partial charge in [0.15, 0.2) is 11.6 Å². The van der Waals surface area contributed by atoms with Crippen molar-refractivity contribution in [3.05, 3.63) is 28.5 Å². The van der Waals surface area contributed by atoms with Gasteiger partial charge in [-0.2, -0.15) is 12.6 Å². The number of aliphatic hydroxyl groups excluding tert-OH is 2. The molecule has 1 aromatic rings. The lowest BCUT2D eigenvalue weighted by Gasteiger charge is -2.19. The van der Waals surface area contributed by atoms with Crippen molar-refractivity contribution >= 4 is 24.2 Å². The third-order valence-corrected chi connectivity index (χ3v) is 2.86. The van der Waals surface area contributed by atoms with Crippen LogP contribution in [0, 0.1) is 5.82 Å². The van der Waals surface area contributed by atoms with Gasteiger partial charge in [0.25, 0.3) is 0 Å². The van der Waals surface area contributed by atoms with Gasteiger partial charge in [-0.05, 0) is 12.1 Å². The molecule has 0 saturated heterocycles. The summed E-state index contributed by atoms with van der Waals surface area (Å²) in [7, 11) is 1.30. The second kappa shape index (κ2) is 5.72. The number of methoxy groups -OCH3 is 1. The number of ether oxygens (including phenoxy) is 1. The fourth-order valence-electron chi connectivity index (χ4n) is 1.27. The van der Waals surface area contributed by atoms with Crippen LogP contribution in [0.5, 0.6) is 5.75 Å². The summed E-state index contributed by atoms with van der Waals surface area (Å²) in [5, 5.41) is 19.1. The van der Waals surface area contributed by atoms with E-state index >= 15 is 0 Å². The largest absolute Gasteiger partial charge is 0.494 e. The maximum atomic E-state index is 13.8. The smallest absolute Gasteiger partial charge is 0.172 e. The highest BCUT2D eigenvalue weighted by Gasteiger charge is 2.25. The molecule has 0 spiro atoms. The summed E-state index contributed by atoms with van der Waals surface area (Å²) >= 11 is 9.58. The summed E-state index contributed by atoms with van der Waals surface area (Å²) in [5.74, 6) is -0.818. The molecule has 0 radical (unpaired) electrons. The number of halogens is 2. The molecule has 1 aromatic carbocycles. The summed E-state index contributed by atoms with van der Waals surface area (Å²) < 4.78 is 18.5. The molecule has 0 aliphatic heterocycles. The van der Waals surface area contributed by atoms with Crippen LogP contribution in [0.2, 0.25) is 5.02 Å². The Hall–Kier alpha value is -0.490. The van der Waals surface area contributed by atoms with Crippen molar-refractivity contribution in [2.24, 2.45) is 0 Å². The summed E-state index contributed by atoms with van der Waals surface area (Å²) in [4.78, 5) is 0. The zero-order valence-corrected chi connectivity index (χ0v) is 10.2. The van der Waals surface area contributed by atoms with Crippen molar-refractivity contribution in [3.63, 3.8) is 0 Å². The second-order valence-corrected chi connectivity index (χ2v) is 3.94. The SMILES string of the molecule is COc1ccc(Cl)c(C(O)C(O)CS)c1F. The molecular formula is C10H12ClFO3S. The van der Waals surface area contributed by atoms with Crippen LogP contribution >= 0.6 is 24.2 Å². The Morgan fingerprint density at radius 2 is 2.12 bits per heavy atom. The molecule has 0 heterocycles. The molecule has 0 aromatic heterocycles. The number of benzene rings is 1. The Morgan fingerprint density at radius 1 is 1.50 bits per heavy atom. The third-order valence-electron chi connectivity index (χ3n) is 2.16. The van der Waals surface area contributed by atoms with E-state index < -0.39 is 18.0 Å². The normalized spacial score (nSPS) is 14.6. The van der Waals surface area contributed by atoms with Crippen molar-refractivity contribution < 1.29 is 19.3 Å². The van der Waals surface area contributed by atoms with Crippen molar-refractivity contribution in [1.82, 2.24) is 0 Å². The monoisotopic (exact) mass is 266 g/mol. The van der Waals surface area contributed by atoms with Gasteiger partial charge in [-0.25, -0.2) is 4.39 Å².